The molecule has 0 spiro atoms. The van der Waals surface area contributed by atoms with Crippen LogP contribution in [-0.4, -0.2) is 16.5 Å². The summed E-state index contributed by atoms with van der Waals surface area (Å²) in [7, 11) is 0. The highest BCUT2D eigenvalue weighted by atomic mass is 15.0. The maximum absolute atomic E-state index is 4.72. The Labute approximate surface area is 118 Å². The number of hydrogen-bond donors (Lipinski definition) is 1. The van der Waals surface area contributed by atoms with Gasteiger partial charge in [0.15, 0.2) is 0 Å². The molecule has 19 heavy (non-hydrogen) atoms. The zero-order chi connectivity index (χ0) is 14.5. The van der Waals surface area contributed by atoms with Crippen molar-refractivity contribution in [2.75, 3.05) is 11.9 Å². The van der Waals surface area contributed by atoms with Gasteiger partial charge in [-0.25, -0.2) is 9.97 Å². The van der Waals surface area contributed by atoms with Crippen molar-refractivity contribution in [3.63, 3.8) is 0 Å². The molecule has 1 aromatic rings. The molecule has 0 amide bonds. The molecule has 3 heteroatoms. The van der Waals surface area contributed by atoms with Gasteiger partial charge in [-0.15, -0.1) is 0 Å². The van der Waals surface area contributed by atoms with E-state index in [-0.39, 0.29) is 5.41 Å². The van der Waals surface area contributed by atoms with Crippen LogP contribution in [0.25, 0.3) is 0 Å². The number of nitrogens with one attached hydrogen (secondary N) is 1. The highest BCUT2D eigenvalue weighted by Crippen LogP contribution is 2.20. The molecule has 0 aliphatic carbocycles. The second kappa shape index (κ2) is 6.88. The normalized spacial score (nSPS) is 11.9. The predicted octanol–water partition coefficient (Wildman–Crippen LogP) is 4.09. The van der Waals surface area contributed by atoms with Crippen molar-refractivity contribution in [1.29, 1.82) is 0 Å². The first-order valence-electron chi connectivity index (χ1n) is 7.41. The van der Waals surface area contributed by atoms with Crippen LogP contribution in [0.3, 0.4) is 0 Å². The molecule has 3 nitrogen and oxygen atoms in total. The third-order valence-electron chi connectivity index (χ3n) is 2.69. The van der Waals surface area contributed by atoms with Crippen LogP contribution >= 0.6 is 0 Å². The number of aromatic nitrogens is 2. The summed E-state index contributed by atoms with van der Waals surface area (Å²) in [6, 6.07) is 2.10. The van der Waals surface area contributed by atoms with E-state index in [2.05, 4.69) is 57.9 Å². The van der Waals surface area contributed by atoms with Crippen molar-refractivity contribution in [3.8, 4) is 0 Å². The van der Waals surface area contributed by atoms with Gasteiger partial charge in [0.1, 0.15) is 11.6 Å². The summed E-state index contributed by atoms with van der Waals surface area (Å²) in [5.74, 6) is 2.56. The van der Waals surface area contributed by atoms with Gasteiger partial charge in [-0.2, -0.15) is 0 Å². The Morgan fingerprint density at radius 1 is 1.21 bits per heavy atom. The fourth-order valence-corrected chi connectivity index (χ4v) is 1.97. The third-order valence-corrected chi connectivity index (χ3v) is 2.69. The Morgan fingerprint density at radius 2 is 1.89 bits per heavy atom. The van der Waals surface area contributed by atoms with E-state index in [1.807, 2.05) is 0 Å². The molecular formula is C16H29N3. The Kier molecular flexibility index (Phi) is 5.77. The molecule has 1 N–H and O–H groups in total. The minimum absolute atomic E-state index is 0.221. The number of rotatable bonds is 6. The minimum Gasteiger partial charge on any atom is -0.370 e. The molecule has 0 aliphatic rings. The highest BCUT2D eigenvalue weighted by molar-refractivity contribution is 5.36. The van der Waals surface area contributed by atoms with Crippen molar-refractivity contribution >= 4 is 5.82 Å². The first-order valence-corrected chi connectivity index (χ1v) is 7.41. The minimum atomic E-state index is 0.221. The van der Waals surface area contributed by atoms with E-state index in [0.29, 0.717) is 5.92 Å². The van der Waals surface area contributed by atoms with E-state index >= 15 is 0 Å². The van der Waals surface area contributed by atoms with Gasteiger partial charge in [-0.05, 0) is 24.2 Å². The van der Waals surface area contributed by atoms with Crippen molar-refractivity contribution in [2.24, 2.45) is 11.3 Å². The Balaban J connectivity index is 2.94. The molecule has 0 unspecified atom stereocenters. The fourth-order valence-electron chi connectivity index (χ4n) is 1.97. The Hall–Kier alpha value is -1.12. The molecule has 1 rings (SSSR count). The number of hydrogen-bond acceptors (Lipinski definition) is 3. The first-order chi connectivity index (χ1) is 8.80. The fraction of sp³-hybridized carbons (Fsp3) is 0.750. The molecule has 0 bridgehead atoms. The summed E-state index contributed by atoms with van der Waals surface area (Å²) in [6.07, 6.45) is 3.04. The van der Waals surface area contributed by atoms with Crippen LogP contribution < -0.4 is 5.32 Å². The topological polar surface area (TPSA) is 37.8 Å². The lowest BCUT2D eigenvalue weighted by Gasteiger charge is -2.18. The summed E-state index contributed by atoms with van der Waals surface area (Å²) in [6.45, 7) is 14.3. The third kappa shape index (κ3) is 6.55. The van der Waals surface area contributed by atoms with Gasteiger partial charge in [0.25, 0.3) is 0 Å². The molecule has 1 aromatic heterocycles. The van der Waals surface area contributed by atoms with E-state index < -0.39 is 0 Å². The molecule has 0 aliphatic heterocycles. The maximum atomic E-state index is 4.72. The van der Waals surface area contributed by atoms with Gasteiger partial charge in [-0.1, -0.05) is 41.5 Å². The van der Waals surface area contributed by atoms with Gasteiger partial charge in [0.2, 0.25) is 0 Å². The summed E-state index contributed by atoms with van der Waals surface area (Å²) in [5, 5.41) is 3.38. The lowest BCUT2D eigenvalue weighted by molar-refractivity contribution is 0.400. The lowest BCUT2D eigenvalue weighted by Crippen LogP contribution is -2.15. The summed E-state index contributed by atoms with van der Waals surface area (Å²) >= 11 is 0. The second-order valence-corrected chi connectivity index (χ2v) is 6.92. The van der Waals surface area contributed by atoms with Crippen LogP contribution in [0, 0.1) is 11.3 Å². The van der Waals surface area contributed by atoms with Crippen molar-refractivity contribution in [3.05, 3.63) is 17.6 Å². The highest BCUT2D eigenvalue weighted by Gasteiger charge is 2.15. The smallest absolute Gasteiger partial charge is 0.131 e. The maximum Gasteiger partial charge on any atom is 0.131 e. The van der Waals surface area contributed by atoms with Gasteiger partial charge in [0.05, 0.1) is 0 Å². The summed E-state index contributed by atoms with van der Waals surface area (Å²) in [5.41, 5.74) is 1.38. The standard InChI is InChI=1S/C16H29N3/c1-7-8-17-14-10-13(9-12(2)3)18-15(19-14)11-16(4,5)6/h10,12H,7-9,11H2,1-6H3,(H,17,18,19). The van der Waals surface area contributed by atoms with E-state index in [0.717, 1.165) is 43.1 Å². The van der Waals surface area contributed by atoms with Crippen LogP contribution in [0.15, 0.2) is 6.07 Å². The molecule has 0 saturated carbocycles. The van der Waals surface area contributed by atoms with Crippen LogP contribution in [-0.2, 0) is 12.8 Å². The van der Waals surface area contributed by atoms with Gasteiger partial charge in [-0.3, -0.25) is 0 Å². The van der Waals surface area contributed by atoms with E-state index in [4.69, 9.17) is 4.98 Å². The van der Waals surface area contributed by atoms with E-state index in [9.17, 15) is 0 Å². The van der Waals surface area contributed by atoms with Crippen LogP contribution in [0.1, 0.15) is 59.5 Å². The zero-order valence-electron chi connectivity index (χ0n) is 13.4. The zero-order valence-corrected chi connectivity index (χ0v) is 13.4. The van der Waals surface area contributed by atoms with Crippen LogP contribution in [0.4, 0.5) is 5.82 Å². The number of anilines is 1. The molecule has 1 heterocycles. The first kappa shape index (κ1) is 15.9. The van der Waals surface area contributed by atoms with Crippen LogP contribution in [0.5, 0.6) is 0 Å². The summed E-state index contributed by atoms with van der Waals surface area (Å²) < 4.78 is 0. The van der Waals surface area contributed by atoms with Crippen molar-refractivity contribution < 1.29 is 0 Å². The van der Waals surface area contributed by atoms with Gasteiger partial charge in [0, 0.05) is 24.7 Å². The molecule has 0 atom stereocenters. The van der Waals surface area contributed by atoms with E-state index in [1.54, 1.807) is 0 Å². The molecule has 108 valence electrons. The average Bonchev–Trinajstić information content (AvgIpc) is 2.22. The van der Waals surface area contributed by atoms with Gasteiger partial charge >= 0.3 is 0 Å². The number of nitrogens with zero attached hydrogens (tertiary/aromatic N) is 2. The van der Waals surface area contributed by atoms with Crippen molar-refractivity contribution in [1.82, 2.24) is 9.97 Å². The Morgan fingerprint density at radius 3 is 2.42 bits per heavy atom. The van der Waals surface area contributed by atoms with Crippen molar-refractivity contribution in [2.45, 2.75) is 60.8 Å². The Bertz CT molecular complexity index is 391. The lowest BCUT2D eigenvalue weighted by atomic mass is 9.92. The average molecular weight is 263 g/mol. The van der Waals surface area contributed by atoms with E-state index in [1.165, 1.54) is 0 Å². The largest absolute Gasteiger partial charge is 0.370 e. The molecule has 0 fully saturated rings. The summed E-state index contributed by atoms with van der Waals surface area (Å²) in [4.78, 5) is 9.36. The predicted molar refractivity (Wildman–Crippen MR) is 82.5 cm³/mol. The van der Waals surface area contributed by atoms with Gasteiger partial charge < -0.3 is 5.32 Å². The second-order valence-electron chi connectivity index (χ2n) is 6.92. The quantitative estimate of drug-likeness (QED) is 0.840. The molecule has 0 aromatic carbocycles. The van der Waals surface area contributed by atoms with Crippen LogP contribution in [0.2, 0.25) is 0 Å². The molecule has 0 radical (unpaired) electrons. The SMILES string of the molecule is CCCNc1cc(CC(C)C)nc(CC(C)(C)C)n1. The monoisotopic (exact) mass is 263 g/mol. The molecular weight excluding hydrogens is 234 g/mol. The molecule has 0 saturated heterocycles.